The highest BCUT2D eigenvalue weighted by molar-refractivity contribution is 5.69. The number of fused-ring (bicyclic) bond motifs is 2. The van der Waals surface area contributed by atoms with Gasteiger partial charge < -0.3 is 19.5 Å². The van der Waals surface area contributed by atoms with Gasteiger partial charge in [-0.25, -0.2) is 9.18 Å². The lowest BCUT2D eigenvalue weighted by molar-refractivity contribution is -0.0581. The average Bonchev–Trinajstić information content (AvgIpc) is 2.79. The third kappa shape index (κ3) is 3.95. The second kappa shape index (κ2) is 6.72. The minimum atomic E-state index is -0.981. The van der Waals surface area contributed by atoms with E-state index in [1.807, 2.05) is 20.8 Å². The topological polar surface area (TPSA) is 59.0 Å². The number of hydrogen-bond acceptors (Lipinski definition) is 4. The van der Waals surface area contributed by atoms with Crippen LogP contribution in [0.25, 0.3) is 0 Å². The molecule has 2 bridgehead atoms. The van der Waals surface area contributed by atoms with Crippen LogP contribution in [0.1, 0.15) is 52.0 Å². The highest BCUT2D eigenvalue weighted by atomic mass is 19.1. The van der Waals surface area contributed by atoms with E-state index in [4.69, 9.17) is 9.47 Å². The van der Waals surface area contributed by atoms with E-state index in [1.165, 1.54) is 19.2 Å². The van der Waals surface area contributed by atoms with Crippen LogP contribution in [-0.4, -0.2) is 46.5 Å². The lowest BCUT2D eigenvalue weighted by Crippen LogP contribution is -2.55. The molecule has 5 nitrogen and oxygen atoms in total. The van der Waals surface area contributed by atoms with Crippen LogP contribution in [0.15, 0.2) is 18.2 Å². The molecule has 0 radical (unpaired) electrons. The minimum Gasteiger partial charge on any atom is -0.496 e. The molecule has 2 heterocycles. The molecule has 1 amide bonds. The molecule has 1 aromatic rings. The Hall–Kier alpha value is -1.82. The quantitative estimate of drug-likeness (QED) is 0.888. The Labute approximate surface area is 154 Å². The van der Waals surface area contributed by atoms with Gasteiger partial charge in [-0.1, -0.05) is 0 Å². The predicted octanol–water partition coefficient (Wildman–Crippen LogP) is 3.67. The Bertz CT molecular complexity index is 671. The van der Waals surface area contributed by atoms with Gasteiger partial charge in [0.1, 0.15) is 17.2 Å². The van der Waals surface area contributed by atoms with Crippen LogP contribution < -0.4 is 4.74 Å². The number of rotatable bonds is 3. The number of carbonyl (C=O) groups is 1. The molecule has 144 valence electrons. The number of hydrogen-bond donors (Lipinski definition) is 1. The van der Waals surface area contributed by atoms with E-state index in [0.29, 0.717) is 30.6 Å². The fourth-order valence-electron chi connectivity index (χ4n) is 4.32. The molecular weight excluding hydrogens is 337 g/mol. The van der Waals surface area contributed by atoms with E-state index in [1.54, 1.807) is 11.0 Å². The molecule has 3 rings (SSSR count). The minimum absolute atomic E-state index is 0.0480. The summed E-state index contributed by atoms with van der Waals surface area (Å²) in [6, 6.07) is 4.25. The zero-order valence-electron chi connectivity index (χ0n) is 15.9. The first-order chi connectivity index (χ1) is 12.1. The summed E-state index contributed by atoms with van der Waals surface area (Å²) < 4.78 is 24.5. The highest BCUT2D eigenvalue weighted by Crippen LogP contribution is 2.43. The van der Waals surface area contributed by atoms with E-state index in [9.17, 15) is 14.3 Å². The third-order valence-corrected chi connectivity index (χ3v) is 5.22. The van der Waals surface area contributed by atoms with Crippen LogP contribution in [0.4, 0.5) is 9.18 Å². The predicted molar refractivity (Wildman–Crippen MR) is 95.7 cm³/mol. The van der Waals surface area contributed by atoms with Crippen LogP contribution in [0.2, 0.25) is 0 Å². The number of carbonyl (C=O) groups excluding carboxylic acids is 1. The summed E-state index contributed by atoms with van der Waals surface area (Å²) in [5.74, 6) is 0.223. The standard InChI is InChI=1S/C20H28FNO4/c1-19(2,3)26-18(23)22-15-6-7-16(22)12-20(24,11-15)10-13-9-14(21)5-8-17(13)25-4/h5,8-9,15-16,24H,6-7,10-12H2,1-4H3. The Morgan fingerprint density at radius 2 is 1.92 bits per heavy atom. The van der Waals surface area contributed by atoms with Gasteiger partial charge >= 0.3 is 6.09 Å². The van der Waals surface area contributed by atoms with Gasteiger partial charge in [0, 0.05) is 18.5 Å². The SMILES string of the molecule is COc1ccc(F)cc1CC1(O)CC2CCC(C1)N2C(=O)OC(C)(C)C. The van der Waals surface area contributed by atoms with E-state index in [-0.39, 0.29) is 24.0 Å². The molecule has 2 unspecified atom stereocenters. The van der Waals surface area contributed by atoms with Crippen LogP contribution in [0.3, 0.4) is 0 Å². The smallest absolute Gasteiger partial charge is 0.410 e. The molecule has 1 aromatic carbocycles. The largest absolute Gasteiger partial charge is 0.496 e. The fraction of sp³-hybridized carbons (Fsp3) is 0.650. The summed E-state index contributed by atoms with van der Waals surface area (Å²) in [6.07, 6.45) is 2.63. The molecule has 2 aliphatic rings. The number of ether oxygens (including phenoxy) is 2. The molecule has 6 heteroatoms. The van der Waals surface area contributed by atoms with E-state index in [2.05, 4.69) is 0 Å². The van der Waals surface area contributed by atoms with E-state index >= 15 is 0 Å². The zero-order valence-corrected chi connectivity index (χ0v) is 15.9. The number of nitrogens with zero attached hydrogens (tertiary/aromatic N) is 1. The third-order valence-electron chi connectivity index (χ3n) is 5.22. The van der Waals surface area contributed by atoms with Crippen LogP contribution >= 0.6 is 0 Å². The summed E-state index contributed by atoms with van der Waals surface area (Å²) in [6.45, 7) is 5.55. The van der Waals surface area contributed by atoms with Crippen molar-refractivity contribution in [2.45, 2.75) is 76.2 Å². The highest BCUT2D eigenvalue weighted by Gasteiger charge is 2.50. The summed E-state index contributed by atoms with van der Waals surface area (Å²) in [5.41, 5.74) is -0.870. The number of aliphatic hydroxyl groups is 1. The van der Waals surface area contributed by atoms with Gasteiger partial charge in [0.15, 0.2) is 0 Å². The van der Waals surface area contributed by atoms with Gasteiger partial charge in [-0.05, 0) is 70.2 Å². The normalized spacial score (nSPS) is 28.2. The van der Waals surface area contributed by atoms with Crippen molar-refractivity contribution in [1.29, 1.82) is 0 Å². The number of amides is 1. The van der Waals surface area contributed by atoms with Gasteiger partial charge in [0.05, 0.1) is 12.7 Å². The molecule has 0 aliphatic carbocycles. The summed E-state index contributed by atoms with van der Waals surface area (Å²) in [5, 5.41) is 11.2. The first-order valence-corrected chi connectivity index (χ1v) is 9.16. The van der Waals surface area contributed by atoms with Gasteiger partial charge in [-0.3, -0.25) is 0 Å². The second-order valence-electron chi connectivity index (χ2n) is 8.54. The molecule has 26 heavy (non-hydrogen) atoms. The van der Waals surface area contributed by atoms with Crippen LogP contribution in [0, 0.1) is 5.82 Å². The van der Waals surface area contributed by atoms with E-state index in [0.717, 1.165) is 12.8 Å². The van der Waals surface area contributed by atoms with Gasteiger partial charge in [0.25, 0.3) is 0 Å². The monoisotopic (exact) mass is 365 g/mol. The maximum absolute atomic E-state index is 13.6. The molecule has 1 N–H and O–H groups in total. The van der Waals surface area contributed by atoms with Crippen molar-refractivity contribution < 1.29 is 23.8 Å². The molecule has 2 aliphatic heterocycles. The van der Waals surface area contributed by atoms with E-state index < -0.39 is 11.2 Å². The number of halogens is 1. The summed E-state index contributed by atoms with van der Waals surface area (Å²) in [4.78, 5) is 14.3. The van der Waals surface area contributed by atoms with Crippen molar-refractivity contribution in [3.05, 3.63) is 29.6 Å². The van der Waals surface area contributed by atoms with Crippen LogP contribution in [-0.2, 0) is 11.2 Å². The maximum atomic E-state index is 13.6. The summed E-state index contributed by atoms with van der Waals surface area (Å²) >= 11 is 0. The number of piperidine rings is 1. The zero-order chi connectivity index (χ0) is 19.1. The average molecular weight is 365 g/mol. The first-order valence-electron chi connectivity index (χ1n) is 9.16. The lowest BCUT2D eigenvalue weighted by atomic mass is 9.81. The van der Waals surface area contributed by atoms with Gasteiger partial charge in [-0.2, -0.15) is 0 Å². The molecule has 0 spiro atoms. The Morgan fingerprint density at radius 1 is 1.31 bits per heavy atom. The van der Waals surface area contributed by atoms with Gasteiger partial charge in [0.2, 0.25) is 0 Å². The first kappa shape index (κ1) is 19.0. The fourth-order valence-corrected chi connectivity index (χ4v) is 4.32. The molecule has 0 saturated carbocycles. The van der Waals surface area contributed by atoms with Crippen molar-refractivity contribution in [2.24, 2.45) is 0 Å². The van der Waals surface area contributed by atoms with Crippen molar-refractivity contribution in [2.75, 3.05) is 7.11 Å². The van der Waals surface area contributed by atoms with Crippen LogP contribution in [0.5, 0.6) is 5.75 Å². The summed E-state index contributed by atoms with van der Waals surface area (Å²) in [7, 11) is 1.54. The maximum Gasteiger partial charge on any atom is 0.410 e. The molecule has 2 atom stereocenters. The van der Waals surface area contributed by atoms with Crippen molar-refractivity contribution >= 4 is 6.09 Å². The molecule has 2 saturated heterocycles. The lowest BCUT2D eigenvalue weighted by Gasteiger charge is -2.44. The molecular formula is C20H28FNO4. The van der Waals surface area contributed by atoms with Crippen molar-refractivity contribution in [1.82, 2.24) is 4.90 Å². The Morgan fingerprint density at radius 3 is 2.46 bits per heavy atom. The Balaban J connectivity index is 1.75. The Kier molecular flexibility index (Phi) is 4.90. The number of methoxy groups -OCH3 is 1. The second-order valence-corrected chi connectivity index (χ2v) is 8.54. The number of benzene rings is 1. The van der Waals surface area contributed by atoms with Crippen molar-refractivity contribution in [3.63, 3.8) is 0 Å². The molecule has 0 aromatic heterocycles. The van der Waals surface area contributed by atoms with Crippen molar-refractivity contribution in [3.8, 4) is 5.75 Å². The van der Waals surface area contributed by atoms with Gasteiger partial charge in [-0.15, -0.1) is 0 Å². The molecule has 2 fully saturated rings.